The SMILES string of the molecule is [CH]1[CH][CH][CH][CH]1.[CH]1[CH][CH][CH][CH]1.[CH]1[CH][C](Cc2ccc3ccccc3c2-c2c(C[C]3[CH][CH][CH][C]3P(c3ccccc3)c3ccccc3)ccc3ccccc23)[C](P(c2ccccc2)c2ccccc2)[CH]1.[Fe+2]. The van der Waals surface area contributed by atoms with Crippen LogP contribution in [0.2, 0.25) is 0 Å². The Kier molecular flexibility index (Phi) is 18.1. The molecule has 12 rings (SSSR count). The fraction of sp³-hybridized carbons (Fsp3) is 0.0303. The molecule has 4 aliphatic rings. The Hall–Kier alpha value is -4.34. The van der Waals surface area contributed by atoms with Gasteiger partial charge in [-0.15, -0.1) is 0 Å². The van der Waals surface area contributed by atoms with Crippen LogP contribution in [0.3, 0.4) is 0 Å². The summed E-state index contributed by atoms with van der Waals surface area (Å²) in [4.78, 5) is 0. The Morgan fingerprint density at radius 2 is 0.551 bits per heavy atom. The predicted octanol–water partition coefficient (Wildman–Crippen LogP) is 14.5. The molecule has 69 heavy (non-hydrogen) atoms. The molecule has 0 atom stereocenters. The van der Waals surface area contributed by atoms with Crippen molar-refractivity contribution in [2.24, 2.45) is 0 Å². The summed E-state index contributed by atoms with van der Waals surface area (Å²) in [5.74, 6) is 2.79. The van der Waals surface area contributed by atoms with Gasteiger partial charge < -0.3 is 0 Å². The van der Waals surface area contributed by atoms with E-state index in [9.17, 15) is 0 Å². The Labute approximate surface area is 428 Å². The van der Waals surface area contributed by atoms with Gasteiger partial charge in [0.05, 0.1) is 0 Å². The summed E-state index contributed by atoms with van der Waals surface area (Å²) in [5.41, 5.74) is 8.28. The molecular weight excluding hydrogens is 911 g/mol. The number of hydrogen-bond donors (Lipinski definition) is 0. The maximum atomic E-state index is 2.41. The maximum Gasteiger partial charge on any atom is 2.00 e. The van der Waals surface area contributed by atoms with E-state index in [0.29, 0.717) is 0 Å². The van der Waals surface area contributed by atoms with Crippen molar-refractivity contribution < 1.29 is 17.1 Å². The van der Waals surface area contributed by atoms with Crippen LogP contribution in [0.25, 0.3) is 32.7 Å². The molecule has 0 spiro atoms. The molecule has 0 amide bonds. The quantitative estimate of drug-likeness (QED) is 0.0895. The average molecular weight is 963 g/mol. The predicted molar refractivity (Wildman–Crippen MR) is 294 cm³/mol. The van der Waals surface area contributed by atoms with Gasteiger partial charge in [0, 0.05) is 11.3 Å². The van der Waals surface area contributed by atoms with Crippen molar-refractivity contribution in [3.8, 4) is 11.1 Å². The van der Waals surface area contributed by atoms with Crippen LogP contribution in [0.5, 0.6) is 0 Å². The van der Waals surface area contributed by atoms with Gasteiger partial charge in [-0.3, -0.25) is 0 Å². The molecule has 0 aliphatic heterocycles. The molecule has 0 heterocycles. The Morgan fingerprint density at radius 1 is 0.261 bits per heavy atom. The van der Waals surface area contributed by atoms with Crippen molar-refractivity contribution in [1.29, 1.82) is 0 Å². The van der Waals surface area contributed by atoms with Crippen LogP contribution < -0.4 is 21.2 Å². The second-order valence-corrected chi connectivity index (χ2v) is 21.2. The van der Waals surface area contributed by atoms with Crippen LogP contribution in [-0.2, 0) is 29.9 Å². The second kappa shape index (κ2) is 25.2. The third kappa shape index (κ3) is 12.1. The van der Waals surface area contributed by atoms with Gasteiger partial charge in [-0.05, 0) is 208 Å². The number of benzene rings is 8. The van der Waals surface area contributed by atoms with E-state index in [-0.39, 0.29) is 17.1 Å². The topological polar surface area (TPSA) is 0 Å². The fourth-order valence-electron chi connectivity index (χ4n) is 9.36. The van der Waals surface area contributed by atoms with E-state index in [1.54, 1.807) is 0 Å². The van der Waals surface area contributed by atoms with E-state index in [0.717, 1.165) is 12.8 Å². The molecule has 332 valence electrons. The first-order valence-electron chi connectivity index (χ1n) is 23.4. The minimum absolute atomic E-state index is 0. The van der Waals surface area contributed by atoms with Gasteiger partial charge in [0.2, 0.25) is 0 Å². The zero-order valence-corrected chi connectivity index (χ0v) is 41.3. The molecule has 0 nitrogen and oxygen atoms in total. The van der Waals surface area contributed by atoms with Crippen LogP contribution in [0.4, 0.5) is 0 Å². The molecule has 8 aromatic carbocycles. The smallest absolute Gasteiger partial charge is 0.0622 e. The number of hydrogen-bond acceptors (Lipinski definition) is 0. The normalized spacial score (nSPS) is 16.7. The molecule has 0 N–H and O–H groups in total. The molecule has 0 bridgehead atoms. The summed E-state index contributed by atoms with van der Waals surface area (Å²) in [5, 5.41) is 10.7. The van der Waals surface area contributed by atoms with E-state index in [1.165, 1.54) is 88.2 Å². The Balaban J connectivity index is 0.000000481. The Morgan fingerprint density at radius 3 is 0.870 bits per heavy atom. The molecule has 0 unspecified atom stereocenters. The molecule has 4 aliphatic carbocycles. The van der Waals surface area contributed by atoms with Crippen molar-refractivity contribution in [2.75, 3.05) is 0 Å². The summed E-state index contributed by atoms with van der Waals surface area (Å²) in [7, 11) is -1.47. The van der Waals surface area contributed by atoms with Crippen molar-refractivity contribution in [1.82, 2.24) is 0 Å². The molecule has 0 aromatic heterocycles. The van der Waals surface area contributed by atoms with Gasteiger partial charge in [0.1, 0.15) is 0 Å². The first-order valence-corrected chi connectivity index (χ1v) is 26.1. The van der Waals surface area contributed by atoms with Crippen LogP contribution in [0.1, 0.15) is 11.1 Å². The summed E-state index contributed by atoms with van der Waals surface area (Å²) in [6.07, 6.45) is 35.7. The fourth-order valence-corrected chi connectivity index (χ4v) is 14.3. The zero-order valence-electron chi connectivity index (χ0n) is 38.4. The summed E-state index contributed by atoms with van der Waals surface area (Å²) in [6, 6.07) is 71.8. The van der Waals surface area contributed by atoms with Crippen molar-refractivity contribution in [2.45, 2.75) is 12.8 Å². The largest absolute Gasteiger partial charge is 2.00 e. The Bertz CT molecular complexity index is 2490. The van der Waals surface area contributed by atoms with Crippen LogP contribution in [0.15, 0.2) is 194 Å². The van der Waals surface area contributed by atoms with Gasteiger partial charge in [-0.25, -0.2) is 0 Å². The molecule has 3 heteroatoms. The van der Waals surface area contributed by atoms with Crippen molar-refractivity contribution in [3.05, 3.63) is 331 Å². The van der Waals surface area contributed by atoms with E-state index in [4.69, 9.17) is 0 Å². The maximum absolute atomic E-state index is 2.41. The number of fused-ring (bicyclic) bond motifs is 2. The van der Waals surface area contributed by atoms with Gasteiger partial charge in [-0.1, -0.05) is 194 Å². The molecule has 4 fully saturated rings. The van der Waals surface area contributed by atoms with Gasteiger partial charge in [0.15, 0.2) is 0 Å². The van der Waals surface area contributed by atoms with Crippen molar-refractivity contribution >= 4 is 58.6 Å². The van der Waals surface area contributed by atoms with Crippen LogP contribution >= 0.6 is 15.8 Å². The molecule has 0 saturated heterocycles. The van der Waals surface area contributed by atoms with Crippen LogP contribution in [0, 0.1) is 126 Å². The van der Waals surface area contributed by atoms with E-state index < -0.39 is 15.8 Å². The molecule has 20 radical (unpaired) electrons. The third-order valence-electron chi connectivity index (χ3n) is 12.5. The summed E-state index contributed by atoms with van der Waals surface area (Å²) < 4.78 is 0. The molecular formula is C66H52FeP2+2. The molecule has 4 saturated carbocycles. The van der Waals surface area contributed by atoms with E-state index in [2.05, 4.69) is 233 Å². The average Bonchev–Trinajstić information content (AvgIpc) is 4.28. The summed E-state index contributed by atoms with van der Waals surface area (Å²) in [6.45, 7) is 0. The van der Waals surface area contributed by atoms with Crippen molar-refractivity contribution in [3.63, 3.8) is 0 Å². The molecule has 8 aromatic rings. The van der Waals surface area contributed by atoms with Gasteiger partial charge in [0.25, 0.3) is 0 Å². The minimum atomic E-state index is -0.734. The second-order valence-electron chi connectivity index (χ2n) is 16.8. The van der Waals surface area contributed by atoms with Gasteiger partial charge in [-0.2, -0.15) is 0 Å². The van der Waals surface area contributed by atoms with E-state index >= 15 is 0 Å². The summed E-state index contributed by atoms with van der Waals surface area (Å²) >= 11 is 0. The first kappa shape index (κ1) is 49.6. The van der Waals surface area contributed by atoms with Crippen LogP contribution in [-0.4, -0.2) is 0 Å². The monoisotopic (exact) mass is 962 g/mol. The van der Waals surface area contributed by atoms with Gasteiger partial charge >= 0.3 is 17.1 Å². The standard InChI is InChI=1S/C56H42P2.2C5H5.Fe/c1-5-23-47(24-6-1)57(48-25-7-2-8-26-48)53-33-17-21-43(53)39-45-37-35-41-19-13-15-31-51(41)55(45)56-46(38-36-42-20-14-16-32-52(42)56)40-44-22-18-34-54(44)58(49-27-9-3-10-28-49)50-29-11-4-12-30-50;2*1-2-4-5-3-1;/h1-38H,39-40H2;2*1-5H;/q;;;+2. The first-order chi connectivity index (χ1) is 33.8. The number of rotatable bonds is 11. The van der Waals surface area contributed by atoms with E-state index in [1.807, 2.05) is 64.2 Å². The zero-order chi connectivity index (χ0) is 45.7. The minimum Gasteiger partial charge on any atom is -0.0622 e. The third-order valence-corrected chi connectivity index (χ3v) is 17.5.